The molecular weight excluding hydrogens is 344 g/mol. The number of ether oxygens (including phenoxy) is 2. The second-order valence-electron chi connectivity index (χ2n) is 7.66. The van der Waals surface area contributed by atoms with Crippen molar-refractivity contribution >= 4 is 22.8 Å². The Bertz CT molecular complexity index is 962. The van der Waals surface area contributed by atoms with E-state index in [1.54, 1.807) is 11.2 Å². The van der Waals surface area contributed by atoms with Gasteiger partial charge in [0.2, 0.25) is 5.91 Å². The van der Waals surface area contributed by atoms with Crippen LogP contribution in [0.1, 0.15) is 30.6 Å². The van der Waals surface area contributed by atoms with Crippen LogP contribution in [0.2, 0.25) is 0 Å². The number of fused-ring (bicyclic) bond motifs is 6. The Balaban J connectivity index is 1.67. The third kappa shape index (κ3) is 2.25. The summed E-state index contributed by atoms with van der Waals surface area (Å²) in [6.07, 6.45) is 4.74. The molecule has 6 heteroatoms. The fourth-order valence-corrected chi connectivity index (χ4v) is 5.11. The molecule has 0 bridgehead atoms. The summed E-state index contributed by atoms with van der Waals surface area (Å²) in [7, 11) is 1.38. The van der Waals surface area contributed by atoms with Crippen molar-refractivity contribution in [2.75, 3.05) is 7.11 Å². The first-order chi connectivity index (χ1) is 13.1. The van der Waals surface area contributed by atoms with Gasteiger partial charge in [-0.05, 0) is 37.0 Å². The van der Waals surface area contributed by atoms with Gasteiger partial charge >= 0.3 is 5.97 Å². The number of hydrogen-bond acceptors (Lipinski definition) is 4. The predicted molar refractivity (Wildman–Crippen MR) is 98.7 cm³/mol. The van der Waals surface area contributed by atoms with Gasteiger partial charge in [0.15, 0.2) is 0 Å². The highest BCUT2D eigenvalue weighted by atomic mass is 16.5. The standard InChI is InChI=1S/C21H22N2O4/c1-11-18-12(7-8-27-11)9-16-19-14(13-5-3-4-6-15(13)22-19)10-17(21(25)26-2)23(16)20(18)24/h3-8,11-12,16-18,22H,9-10H2,1-2H3/t11-,12?,16?,17-,18?/m0/s1. The second-order valence-corrected chi connectivity index (χ2v) is 7.66. The molecule has 1 saturated heterocycles. The van der Waals surface area contributed by atoms with E-state index in [1.165, 1.54) is 7.11 Å². The molecule has 5 atom stereocenters. The smallest absolute Gasteiger partial charge is 0.328 e. The minimum absolute atomic E-state index is 0.0205. The Morgan fingerprint density at radius 3 is 2.96 bits per heavy atom. The summed E-state index contributed by atoms with van der Waals surface area (Å²) in [5, 5.41) is 1.12. The molecule has 0 radical (unpaired) electrons. The highest BCUT2D eigenvalue weighted by Crippen LogP contribution is 2.47. The van der Waals surface area contributed by atoms with Crippen molar-refractivity contribution in [3.8, 4) is 0 Å². The first-order valence-electron chi connectivity index (χ1n) is 9.41. The van der Waals surface area contributed by atoms with Crippen molar-refractivity contribution in [3.05, 3.63) is 47.9 Å². The number of para-hydroxylation sites is 1. The van der Waals surface area contributed by atoms with Crippen LogP contribution in [0.5, 0.6) is 0 Å². The van der Waals surface area contributed by atoms with E-state index in [1.807, 2.05) is 31.2 Å². The summed E-state index contributed by atoms with van der Waals surface area (Å²) in [5.41, 5.74) is 3.21. The topological polar surface area (TPSA) is 71.6 Å². The molecule has 5 rings (SSSR count). The molecule has 3 aliphatic heterocycles. The number of allylic oxidation sites excluding steroid dienone is 1. The van der Waals surface area contributed by atoms with E-state index < -0.39 is 6.04 Å². The zero-order chi connectivity index (χ0) is 18.7. The third-order valence-electron chi connectivity index (χ3n) is 6.34. The zero-order valence-corrected chi connectivity index (χ0v) is 15.3. The molecule has 6 nitrogen and oxygen atoms in total. The van der Waals surface area contributed by atoms with Gasteiger partial charge in [-0.25, -0.2) is 4.79 Å². The SMILES string of the molecule is COC(=O)[C@@H]1Cc2c([nH]c3ccccc23)C2CC3C=CO[C@@H](C)C3C(=O)N21. The van der Waals surface area contributed by atoms with E-state index in [-0.39, 0.29) is 35.9 Å². The maximum absolute atomic E-state index is 13.5. The molecule has 1 N–H and O–H groups in total. The van der Waals surface area contributed by atoms with Gasteiger partial charge in [-0.15, -0.1) is 0 Å². The first-order valence-corrected chi connectivity index (χ1v) is 9.41. The van der Waals surface area contributed by atoms with E-state index in [0.717, 1.165) is 28.6 Å². The molecule has 27 heavy (non-hydrogen) atoms. The lowest BCUT2D eigenvalue weighted by Crippen LogP contribution is -2.59. The lowest BCUT2D eigenvalue weighted by Gasteiger charge is -2.49. The van der Waals surface area contributed by atoms with E-state index in [9.17, 15) is 9.59 Å². The number of aromatic nitrogens is 1. The normalized spacial score (nSPS) is 31.7. The second kappa shape index (κ2) is 5.87. The Kier molecular flexibility index (Phi) is 3.57. The number of carbonyl (C=O) groups excluding carboxylic acids is 2. The van der Waals surface area contributed by atoms with Gasteiger partial charge in [0.25, 0.3) is 0 Å². The summed E-state index contributed by atoms with van der Waals surface area (Å²) < 4.78 is 10.7. The highest BCUT2D eigenvalue weighted by Gasteiger charge is 2.52. The summed E-state index contributed by atoms with van der Waals surface area (Å²) in [5.74, 6) is -0.530. The van der Waals surface area contributed by atoms with Crippen molar-refractivity contribution in [1.82, 2.24) is 9.88 Å². The van der Waals surface area contributed by atoms with Gasteiger partial charge in [-0.1, -0.05) is 18.2 Å². The number of piperidine rings is 1. The van der Waals surface area contributed by atoms with E-state index in [4.69, 9.17) is 9.47 Å². The number of amides is 1. The number of benzene rings is 1. The van der Waals surface area contributed by atoms with Crippen LogP contribution < -0.4 is 0 Å². The van der Waals surface area contributed by atoms with Gasteiger partial charge < -0.3 is 19.4 Å². The largest absolute Gasteiger partial charge is 0.498 e. The van der Waals surface area contributed by atoms with Crippen LogP contribution in [0.3, 0.4) is 0 Å². The van der Waals surface area contributed by atoms with Crippen molar-refractivity contribution in [1.29, 1.82) is 0 Å². The average Bonchev–Trinajstić information content (AvgIpc) is 3.06. The van der Waals surface area contributed by atoms with E-state index in [0.29, 0.717) is 6.42 Å². The average molecular weight is 366 g/mol. The first kappa shape index (κ1) is 16.4. The van der Waals surface area contributed by atoms with Gasteiger partial charge in [-0.2, -0.15) is 0 Å². The summed E-state index contributed by atoms with van der Waals surface area (Å²) in [4.78, 5) is 31.3. The molecule has 2 aromatic rings. The van der Waals surface area contributed by atoms with Crippen LogP contribution in [-0.4, -0.2) is 41.0 Å². The maximum atomic E-state index is 13.5. The Hall–Kier alpha value is -2.76. The number of methoxy groups -OCH3 is 1. The van der Waals surface area contributed by atoms with Crippen LogP contribution >= 0.6 is 0 Å². The minimum atomic E-state index is -0.599. The quantitative estimate of drug-likeness (QED) is 0.788. The van der Waals surface area contributed by atoms with Crippen molar-refractivity contribution in [3.63, 3.8) is 0 Å². The minimum Gasteiger partial charge on any atom is -0.498 e. The number of carbonyl (C=O) groups is 2. The van der Waals surface area contributed by atoms with Crippen LogP contribution in [0, 0.1) is 11.8 Å². The monoisotopic (exact) mass is 366 g/mol. The molecule has 0 spiro atoms. The number of nitrogens with zero attached hydrogens (tertiary/aromatic N) is 1. The number of H-pyrrole nitrogens is 1. The summed E-state index contributed by atoms with van der Waals surface area (Å²) in [6, 6.07) is 7.34. The molecule has 1 amide bonds. The molecule has 3 unspecified atom stereocenters. The van der Waals surface area contributed by atoms with Gasteiger partial charge in [0.05, 0.1) is 25.3 Å². The van der Waals surface area contributed by atoms with Gasteiger partial charge in [0, 0.05) is 23.0 Å². The Morgan fingerprint density at radius 2 is 2.15 bits per heavy atom. The van der Waals surface area contributed by atoms with Crippen LogP contribution in [0.15, 0.2) is 36.6 Å². The van der Waals surface area contributed by atoms with Crippen LogP contribution in [0.4, 0.5) is 0 Å². The van der Waals surface area contributed by atoms with Crippen molar-refractivity contribution < 1.29 is 19.1 Å². The zero-order valence-electron chi connectivity index (χ0n) is 15.3. The Labute approximate surface area is 157 Å². The molecule has 4 heterocycles. The fourth-order valence-electron chi connectivity index (χ4n) is 5.11. The fraction of sp³-hybridized carbons (Fsp3) is 0.429. The number of nitrogens with one attached hydrogen (secondary N) is 1. The maximum Gasteiger partial charge on any atom is 0.328 e. The molecule has 1 aromatic heterocycles. The lowest BCUT2D eigenvalue weighted by atomic mass is 9.73. The molecule has 0 saturated carbocycles. The lowest BCUT2D eigenvalue weighted by molar-refractivity contribution is -0.166. The summed E-state index contributed by atoms with van der Waals surface area (Å²) in [6.45, 7) is 1.92. The van der Waals surface area contributed by atoms with Crippen LogP contribution in [-0.2, 0) is 25.5 Å². The molecule has 1 aromatic carbocycles. The molecular formula is C21H22N2O4. The van der Waals surface area contributed by atoms with Gasteiger partial charge in [0.1, 0.15) is 12.1 Å². The van der Waals surface area contributed by atoms with E-state index >= 15 is 0 Å². The molecule has 1 fully saturated rings. The predicted octanol–water partition coefficient (Wildman–Crippen LogP) is 2.70. The molecule has 3 aliphatic rings. The molecule has 0 aliphatic carbocycles. The number of esters is 1. The highest BCUT2D eigenvalue weighted by molar-refractivity contribution is 5.92. The number of hydrogen-bond donors (Lipinski definition) is 1. The van der Waals surface area contributed by atoms with Crippen molar-refractivity contribution in [2.24, 2.45) is 11.8 Å². The Morgan fingerprint density at radius 1 is 1.33 bits per heavy atom. The van der Waals surface area contributed by atoms with Crippen LogP contribution in [0.25, 0.3) is 10.9 Å². The molecule has 140 valence electrons. The number of rotatable bonds is 1. The number of aromatic amines is 1. The van der Waals surface area contributed by atoms with Gasteiger partial charge in [-0.3, -0.25) is 4.79 Å². The third-order valence-corrected chi connectivity index (χ3v) is 6.34. The van der Waals surface area contributed by atoms with Crippen molar-refractivity contribution in [2.45, 2.75) is 38.0 Å². The summed E-state index contributed by atoms with van der Waals surface area (Å²) >= 11 is 0. The van der Waals surface area contributed by atoms with E-state index in [2.05, 4.69) is 11.1 Å².